The van der Waals surface area contributed by atoms with Gasteiger partial charge in [0.25, 0.3) is 17.7 Å². The number of nitrogens with one attached hydrogen (secondary N) is 2. The second kappa shape index (κ2) is 6.38. The summed E-state index contributed by atoms with van der Waals surface area (Å²) in [6.07, 6.45) is 0. The molecule has 7 nitrogen and oxygen atoms in total. The van der Waals surface area contributed by atoms with Crippen LogP contribution in [0.3, 0.4) is 0 Å². The van der Waals surface area contributed by atoms with Gasteiger partial charge in [-0.3, -0.25) is 19.7 Å². The molecule has 0 spiro atoms. The molecule has 0 saturated carbocycles. The van der Waals surface area contributed by atoms with Crippen molar-refractivity contribution in [2.24, 2.45) is 0 Å². The molecule has 134 valence electrons. The number of hydrogen-bond acceptors (Lipinski definition) is 5. The Morgan fingerprint density at radius 3 is 2.19 bits per heavy atom. The van der Waals surface area contributed by atoms with Gasteiger partial charge in [0.2, 0.25) is 0 Å². The van der Waals surface area contributed by atoms with E-state index in [1.54, 1.807) is 13.8 Å². The fourth-order valence-corrected chi connectivity index (χ4v) is 3.58. The molecule has 2 aromatic rings. The maximum atomic E-state index is 12.3. The van der Waals surface area contributed by atoms with Crippen molar-refractivity contribution >= 4 is 33.2 Å². The Bertz CT molecular complexity index is 1020. The molecule has 0 saturated heterocycles. The third-order valence-corrected chi connectivity index (χ3v) is 6.23. The molecular weight excluding hydrogens is 356 g/mol. The standard InChI is InChI=1S/C18H16N2O5S/c1-10(2)26(24,25)13-6-3-11(4-7-13)16(21)19-12-5-8-14-15(9-12)18(23)20-17(14)22/h3-10H,1-2H3,(H,19,21)(H,20,22,23). The first-order chi connectivity index (χ1) is 12.2. The average molecular weight is 372 g/mol. The normalized spacial score (nSPS) is 13.5. The van der Waals surface area contributed by atoms with Gasteiger partial charge in [-0.2, -0.15) is 0 Å². The minimum atomic E-state index is -3.40. The van der Waals surface area contributed by atoms with Crippen molar-refractivity contribution in [2.75, 3.05) is 5.32 Å². The second-order valence-electron chi connectivity index (χ2n) is 6.12. The molecule has 26 heavy (non-hydrogen) atoms. The van der Waals surface area contributed by atoms with Gasteiger partial charge in [-0.05, 0) is 56.3 Å². The van der Waals surface area contributed by atoms with Crippen molar-refractivity contribution in [2.45, 2.75) is 24.0 Å². The molecule has 1 heterocycles. The summed E-state index contributed by atoms with van der Waals surface area (Å²) in [5.74, 6) is -1.43. The fraction of sp³-hybridized carbons (Fsp3) is 0.167. The summed E-state index contributed by atoms with van der Waals surface area (Å²) in [4.78, 5) is 35.7. The Hall–Kier alpha value is -3.00. The summed E-state index contributed by atoms with van der Waals surface area (Å²) in [6, 6.07) is 10.0. The van der Waals surface area contributed by atoms with E-state index < -0.39 is 32.8 Å². The van der Waals surface area contributed by atoms with Crippen LogP contribution in [0.1, 0.15) is 44.9 Å². The summed E-state index contributed by atoms with van der Waals surface area (Å²) < 4.78 is 24.2. The number of sulfone groups is 1. The lowest BCUT2D eigenvalue weighted by molar-refractivity contribution is 0.0878. The molecule has 0 aromatic heterocycles. The molecule has 0 fully saturated rings. The Balaban J connectivity index is 1.80. The number of hydrogen-bond donors (Lipinski definition) is 2. The van der Waals surface area contributed by atoms with Crippen LogP contribution in [0.25, 0.3) is 0 Å². The maximum absolute atomic E-state index is 12.3. The van der Waals surface area contributed by atoms with Crippen molar-refractivity contribution in [3.05, 3.63) is 59.2 Å². The Labute approximate surface area is 150 Å². The first-order valence-corrected chi connectivity index (χ1v) is 9.40. The third-order valence-electron chi connectivity index (χ3n) is 4.06. The van der Waals surface area contributed by atoms with Crippen LogP contribution in [-0.2, 0) is 9.84 Å². The van der Waals surface area contributed by atoms with Crippen molar-refractivity contribution in [3.8, 4) is 0 Å². The predicted molar refractivity (Wildman–Crippen MR) is 95.0 cm³/mol. The molecule has 8 heteroatoms. The van der Waals surface area contributed by atoms with Gasteiger partial charge in [-0.1, -0.05) is 0 Å². The van der Waals surface area contributed by atoms with Gasteiger partial charge in [0.15, 0.2) is 9.84 Å². The first-order valence-electron chi connectivity index (χ1n) is 7.85. The van der Waals surface area contributed by atoms with Crippen LogP contribution in [0, 0.1) is 0 Å². The third kappa shape index (κ3) is 3.11. The quantitative estimate of drug-likeness (QED) is 0.798. The number of fused-ring (bicyclic) bond motifs is 1. The molecule has 0 bridgehead atoms. The number of rotatable bonds is 4. The highest BCUT2D eigenvalue weighted by Crippen LogP contribution is 2.21. The second-order valence-corrected chi connectivity index (χ2v) is 8.62. The van der Waals surface area contributed by atoms with E-state index >= 15 is 0 Å². The van der Waals surface area contributed by atoms with Gasteiger partial charge in [-0.15, -0.1) is 0 Å². The molecule has 0 unspecified atom stereocenters. The van der Waals surface area contributed by atoms with Crippen LogP contribution >= 0.6 is 0 Å². The van der Waals surface area contributed by atoms with Crippen LogP contribution < -0.4 is 10.6 Å². The van der Waals surface area contributed by atoms with E-state index in [4.69, 9.17) is 0 Å². The van der Waals surface area contributed by atoms with Crippen molar-refractivity contribution in [3.63, 3.8) is 0 Å². The maximum Gasteiger partial charge on any atom is 0.259 e. The average Bonchev–Trinajstić information content (AvgIpc) is 2.88. The van der Waals surface area contributed by atoms with Gasteiger partial charge in [0.05, 0.1) is 21.3 Å². The molecule has 0 atom stereocenters. The highest BCUT2D eigenvalue weighted by molar-refractivity contribution is 7.92. The summed E-state index contributed by atoms with van der Waals surface area (Å²) >= 11 is 0. The van der Waals surface area contributed by atoms with E-state index in [2.05, 4.69) is 10.6 Å². The zero-order chi connectivity index (χ0) is 19.1. The lowest BCUT2D eigenvalue weighted by atomic mass is 10.1. The van der Waals surface area contributed by atoms with Crippen LogP contribution in [-0.4, -0.2) is 31.4 Å². The van der Waals surface area contributed by atoms with Crippen LogP contribution in [0.5, 0.6) is 0 Å². The molecule has 3 amide bonds. The van der Waals surface area contributed by atoms with E-state index in [0.717, 1.165) is 0 Å². The molecule has 2 aromatic carbocycles. The summed E-state index contributed by atoms with van der Waals surface area (Å²) in [5.41, 5.74) is 1.09. The number of amides is 3. The van der Waals surface area contributed by atoms with E-state index in [0.29, 0.717) is 5.69 Å². The number of anilines is 1. The van der Waals surface area contributed by atoms with Gasteiger partial charge in [0, 0.05) is 11.3 Å². The number of carbonyl (C=O) groups is 3. The van der Waals surface area contributed by atoms with Gasteiger partial charge in [-0.25, -0.2) is 8.42 Å². The Morgan fingerprint density at radius 2 is 1.58 bits per heavy atom. The summed E-state index contributed by atoms with van der Waals surface area (Å²) in [7, 11) is -3.40. The molecular formula is C18H16N2O5S. The number of benzene rings is 2. The largest absolute Gasteiger partial charge is 0.322 e. The van der Waals surface area contributed by atoms with Crippen LogP contribution in [0.15, 0.2) is 47.4 Å². The van der Waals surface area contributed by atoms with Crippen LogP contribution in [0.2, 0.25) is 0 Å². The molecule has 0 aliphatic carbocycles. The van der Waals surface area contributed by atoms with Gasteiger partial charge in [0.1, 0.15) is 0 Å². The van der Waals surface area contributed by atoms with E-state index in [1.807, 2.05) is 0 Å². The van der Waals surface area contributed by atoms with Crippen molar-refractivity contribution < 1.29 is 22.8 Å². The molecule has 0 radical (unpaired) electrons. The van der Waals surface area contributed by atoms with E-state index in [1.165, 1.54) is 42.5 Å². The Morgan fingerprint density at radius 1 is 0.962 bits per heavy atom. The zero-order valence-corrected chi connectivity index (χ0v) is 14.9. The highest BCUT2D eigenvalue weighted by atomic mass is 32.2. The monoisotopic (exact) mass is 372 g/mol. The SMILES string of the molecule is CC(C)S(=O)(=O)c1ccc(C(=O)Nc2ccc3c(c2)C(=O)NC3=O)cc1. The molecule has 3 rings (SSSR count). The lowest BCUT2D eigenvalue weighted by Crippen LogP contribution is -2.19. The first kappa shape index (κ1) is 17.8. The lowest BCUT2D eigenvalue weighted by Gasteiger charge is -2.09. The molecule has 2 N–H and O–H groups in total. The van der Waals surface area contributed by atoms with E-state index in [9.17, 15) is 22.8 Å². The van der Waals surface area contributed by atoms with Gasteiger partial charge >= 0.3 is 0 Å². The number of imide groups is 1. The van der Waals surface area contributed by atoms with Crippen LogP contribution in [0.4, 0.5) is 5.69 Å². The van der Waals surface area contributed by atoms with Crippen molar-refractivity contribution in [1.82, 2.24) is 5.32 Å². The molecule has 1 aliphatic heterocycles. The Kier molecular flexibility index (Phi) is 4.37. The predicted octanol–water partition coefficient (Wildman–Crippen LogP) is 2.00. The zero-order valence-electron chi connectivity index (χ0n) is 14.1. The topological polar surface area (TPSA) is 109 Å². The minimum absolute atomic E-state index is 0.150. The smallest absolute Gasteiger partial charge is 0.259 e. The number of carbonyl (C=O) groups excluding carboxylic acids is 3. The minimum Gasteiger partial charge on any atom is -0.322 e. The summed E-state index contributed by atoms with van der Waals surface area (Å²) in [6.45, 7) is 3.18. The fourth-order valence-electron chi connectivity index (χ4n) is 2.52. The highest BCUT2D eigenvalue weighted by Gasteiger charge is 2.27. The summed E-state index contributed by atoms with van der Waals surface area (Å²) in [5, 5.41) is 4.25. The van der Waals surface area contributed by atoms with Gasteiger partial charge < -0.3 is 5.32 Å². The molecule has 1 aliphatic rings. The van der Waals surface area contributed by atoms with E-state index in [-0.39, 0.29) is 21.6 Å². The van der Waals surface area contributed by atoms with Crippen molar-refractivity contribution in [1.29, 1.82) is 0 Å².